The Bertz CT molecular complexity index is 1340. The van der Waals surface area contributed by atoms with Crippen molar-refractivity contribution in [3.8, 4) is 22.9 Å². The first-order chi connectivity index (χ1) is 13.6. The summed E-state index contributed by atoms with van der Waals surface area (Å²) in [6.45, 7) is 3.98. The Labute approximate surface area is 160 Å². The molecule has 138 valence electrons. The summed E-state index contributed by atoms with van der Waals surface area (Å²) >= 11 is 0. The number of anilines is 1. The van der Waals surface area contributed by atoms with Crippen molar-refractivity contribution in [1.82, 2.24) is 19.4 Å². The second kappa shape index (κ2) is 6.09. The average Bonchev–Trinajstić information content (AvgIpc) is 3.33. The third-order valence-corrected chi connectivity index (χ3v) is 4.75. The van der Waals surface area contributed by atoms with E-state index in [0.717, 1.165) is 33.5 Å². The Morgan fingerprint density at radius 3 is 2.82 bits per heavy atom. The predicted molar refractivity (Wildman–Crippen MR) is 106 cm³/mol. The van der Waals surface area contributed by atoms with Crippen LogP contribution in [0.1, 0.15) is 11.3 Å². The molecule has 5 rings (SSSR count). The van der Waals surface area contributed by atoms with Gasteiger partial charge in [0.25, 0.3) is 0 Å². The van der Waals surface area contributed by atoms with Gasteiger partial charge in [-0.05, 0) is 49.7 Å². The van der Waals surface area contributed by atoms with E-state index in [0.29, 0.717) is 23.1 Å². The van der Waals surface area contributed by atoms with Gasteiger partial charge in [-0.15, -0.1) is 0 Å². The molecular weight excluding hydrogens is 354 g/mol. The van der Waals surface area contributed by atoms with E-state index in [4.69, 9.17) is 14.9 Å². The molecule has 0 aliphatic carbocycles. The van der Waals surface area contributed by atoms with Crippen molar-refractivity contribution in [3.05, 3.63) is 66.4 Å². The number of hydrogen-bond donors (Lipinski definition) is 1. The number of benzene rings is 1. The molecular formula is C21H17N5O2. The fourth-order valence-electron chi connectivity index (χ4n) is 3.48. The van der Waals surface area contributed by atoms with Crippen molar-refractivity contribution < 1.29 is 9.15 Å². The Kier molecular flexibility index (Phi) is 3.55. The van der Waals surface area contributed by atoms with Gasteiger partial charge in [0, 0.05) is 24.2 Å². The molecule has 4 heterocycles. The van der Waals surface area contributed by atoms with Gasteiger partial charge in [0.1, 0.15) is 11.3 Å². The van der Waals surface area contributed by atoms with Crippen LogP contribution >= 0.6 is 0 Å². The van der Waals surface area contributed by atoms with Crippen LogP contribution < -0.4 is 10.5 Å². The zero-order valence-corrected chi connectivity index (χ0v) is 15.4. The minimum atomic E-state index is 0.420. The lowest BCUT2D eigenvalue weighted by Crippen LogP contribution is -2.04. The van der Waals surface area contributed by atoms with E-state index in [1.807, 2.05) is 54.8 Å². The molecule has 0 bridgehead atoms. The van der Waals surface area contributed by atoms with Crippen molar-refractivity contribution >= 4 is 22.4 Å². The van der Waals surface area contributed by atoms with Crippen LogP contribution in [-0.2, 0) is 0 Å². The van der Waals surface area contributed by atoms with Crippen molar-refractivity contribution in [2.24, 2.45) is 0 Å². The number of nitrogens with zero attached hydrogens (tertiary/aromatic N) is 4. The van der Waals surface area contributed by atoms with Crippen LogP contribution in [0.4, 0.5) is 5.82 Å². The zero-order valence-electron chi connectivity index (χ0n) is 15.4. The highest BCUT2D eigenvalue weighted by Gasteiger charge is 2.15. The number of pyridine rings is 1. The second-order valence-electron chi connectivity index (χ2n) is 6.58. The lowest BCUT2D eigenvalue weighted by molar-refractivity contribution is 0.468. The molecule has 0 saturated heterocycles. The summed E-state index contributed by atoms with van der Waals surface area (Å²) in [7, 11) is 0. The van der Waals surface area contributed by atoms with Crippen LogP contribution in [0.2, 0.25) is 0 Å². The Morgan fingerprint density at radius 2 is 1.96 bits per heavy atom. The van der Waals surface area contributed by atoms with E-state index in [1.165, 1.54) is 0 Å². The molecule has 0 amide bonds. The smallest absolute Gasteiger partial charge is 0.230 e. The Morgan fingerprint density at radius 1 is 1.07 bits per heavy atom. The first kappa shape index (κ1) is 16.3. The van der Waals surface area contributed by atoms with Crippen LogP contribution in [0.5, 0.6) is 11.6 Å². The maximum absolute atomic E-state index is 6.02. The molecule has 7 heteroatoms. The Hall–Kier alpha value is -3.87. The van der Waals surface area contributed by atoms with Gasteiger partial charge in [-0.1, -0.05) is 0 Å². The largest absolute Gasteiger partial charge is 0.464 e. The number of aryl methyl sites for hydroxylation is 2. The molecule has 0 unspecified atom stereocenters. The van der Waals surface area contributed by atoms with Crippen LogP contribution in [0.25, 0.3) is 27.9 Å². The molecule has 0 fully saturated rings. The van der Waals surface area contributed by atoms with Gasteiger partial charge in [0.15, 0.2) is 11.5 Å². The van der Waals surface area contributed by atoms with Gasteiger partial charge >= 0.3 is 0 Å². The molecule has 0 atom stereocenters. The van der Waals surface area contributed by atoms with Gasteiger partial charge in [0.2, 0.25) is 5.88 Å². The van der Waals surface area contributed by atoms with Gasteiger partial charge < -0.3 is 14.9 Å². The number of imidazole rings is 1. The second-order valence-corrected chi connectivity index (χ2v) is 6.58. The van der Waals surface area contributed by atoms with E-state index in [1.54, 1.807) is 18.7 Å². The number of nitrogens with two attached hydrogens (primary N) is 1. The first-order valence-corrected chi connectivity index (χ1v) is 8.82. The van der Waals surface area contributed by atoms with Crippen molar-refractivity contribution in [1.29, 1.82) is 0 Å². The molecule has 5 aromatic rings. The van der Waals surface area contributed by atoms with Crippen molar-refractivity contribution in [3.63, 3.8) is 0 Å². The number of nitrogen functional groups attached to an aromatic ring is 1. The van der Waals surface area contributed by atoms with E-state index in [2.05, 4.69) is 15.0 Å². The minimum absolute atomic E-state index is 0.420. The van der Waals surface area contributed by atoms with Crippen LogP contribution in [0.3, 0.4) is 0 Å². The van der Waals surface area contributed by atoms with Gasteiger partial charge in [0.05, 0.1) is 23.0 Å². The molecule has 0 spiro atoms. The van der Waals surface area contributed by atoms with E-state index in [9.17, 15) is 0 Å². The van der Waals surface area contributed by atoms with Crippen LogP contribution in [-0.4, -0.2) is 19.4 Å². The summed E-state index contributed by atoms with van der Waals surface area (Å²) in [5.74, 6) is 1.63. The van der Waals surface area contributed by atoms with Crippen LogP contribution in [0.15, 0.2) is 59.6 Å². The van der Waals surface area contributed by atoms with Gasteiger partial charge in [-0.25, -0.2) is 15.0 Å². The van der Waals surface area contributed by atoms with E-state index < -0.39 is 0 Å². The number of ether oxygens (including phenoxy) is 1. The van der Waals surface area contributed by atoms with Crippen molar-refractivity contribution in [2.45, 2.75) is 13.8 Å². The minimum Gasteiger partial charge on any atom is -0.464 e. The molecule has 0 aliphatic heterocycles. The summed E-state index contributed by atoms with van der Waals surface area (Å²) in [6, 6.07) is 9.57. The summed E-state index contributed by atoms with van der Waals surface area (Å²) in [4.78, 5) is 13.1. The number of furan rings is 1. The van der Waals surface area contributed by atoms with E-state index in [-0.39, 0.29) is 0 Å². The third-order valence-electron chi connectivity index (χ3n) is 4.75. The van der Waals surface area contributed by atoms with Gasteiger partial charge in [-0.3, -0.25) is 4.40 Å². The average molecular weight is 371 g/mol. The summed E-state index contributed by atoms with van der Waals surface area (Å²) in [5.41, 5.74) is 11.3. The highest BCUT2D eigenvalue weighted by atomic mass is 16.5. The number of rotatable bonds is 3. The standard InChI is InChI=1S/C21H17N5O2/c1-12-11-14(28-21-16-6-10-27-17(16)5-7-24-21)3-4-15(12)18-13(2)25-19(22)20-23-8-9-26(18)20/h3-11H,1-2H3,(H2,22,25). The normalized spacial score (nSPS) is 11.4. The molecule has 0 saturated carbocycles. The SMILES string of the molecule is Cc1cc(Oc2nccc3occc23)ccc1-c1c(C)nc(N)c2nccn12. The summed E-state index contributed by atoms with van der Waals surface area (Å²) in [6.07, 6.45) is 6.91. The Balaban J connectivity index is 1.58. The fourth-order valence-corrected chi connectivity index (χ4v) is 3.48. The lowest BCUT2D eigenvalue weighted by Gasteiger charge is -2.14. The number of hydrogen-bond acceptors (Lipinski definition) is 6. The summed E-state index contributed by atoms with van der Waals surface area (Å²) < 4.78 is 13.4. The van der Waals surface area contributed by atoms with Crippen LogP contribution in [0, 0.1) is 13.8 Å². The molecule has 0 aliphatic rings. The zero-order chi connectivity index (χ0) is 19.3. The molecule has 28 heavy (non-hydrogen) atoms. The van der Waals surface area contributed by atoms with Crippen molar-refractivity contribution in [2.75, 3.05) is 5.73 Å². The predicted octanol–water partition coefficient (Wildman–Crippen LogP) is 4.53. The molecule has 1 aromatic carbocycles. The maximum Gasteiger partial charge on any atom is 0.230 e. The molecule has 2 N–H and O–H groups in total. The highest BCUT2D eigenvalue weighted by molar-refractivity contribution is 5.82. The topological polar surface area (TPSA) is 91.5 Å². The monoisotopic (exact) mass is 371 g/mol. The highest BCUT2D eigenvalue weighted by Crippen LogP contribution is 2.33. The number of fused-ring (bicyclic) bond motifs is 2. The molecule has 0 radical (unpaired) electrons. The quantitative estimate of drug-likeness (QED) is 0.501. The summed E-state index contributed by atoms with van der Waals surface area (Å²) in [5, 5.41) is 0.836. The maximum atomic E-state index is 6.02. The first-order valence-electron chi connectivity index (χ1n) is 8.82. The number of aromatic nitrogens is 4. The van der Waals surface area contributed by atoms with Gasteiger partial charge in [-0.2, -0.15) is 0 Å². The lowest BCUT2D eigenvalue weighted by atomic mass is 10.0. The van der Waals surface area contributed by atoms with E-state index >= 15 is 0 Å². The fraction of sp³-hybridized carbons (Fsp3) is 0.0952. The third kappa shape index (κ3) is 2.48. The molecule has 7 nitrogen and oxygen atoms in total. The molecule has 4 aromatic heterocycles.